The Morgan fingerprint density at radius 2 is 2.00 bits per heavy atom. The van der Waals surface area contributed by atoms with E-state index in [-0.39, 0.29) is 4.87 Å². The monoisotopic (exact) mass is 211 g/mol. The molecule has 13 heavy (non-hydrogen) atoms. The van der Waals surface area contributed by atoms with Gasteiger partial charge in [-0.25, -0.2) is 4.98 Å². The van der Waals surface area contributed by atoms with Gasteiger partial charge in [0.1, 0.15) is 5.01 Å². The number of hydrogen-bond donors (Lipinski definition) is 0. The number of rotatable bonds is 1. The summed E-state index contributed by atoms with van der Waals surface area (Å²) >= 11 is 7.84. The van der Waals surface area contributed by atoms with Crippen molar-refractivity contribution < 1.29 is 0 Å². The predicted molar refractivity (Wildman–Crippen MR) is 58.5 cm³/mol. The first-order valence-corrected chi connectivity index (χ1v) is 5.32. The zero-order chi connectivity index (χ0) is 9.47. The van der Waals surface area contributed by atoms with Gasteiger partial charge >= 0.3 is 0 Å². The normalized spacial score (nSPS) is 12.2. The Bertz CT molecular complexity index is 395. The number of benzene rings is 1. The molecular formula is C10H10ClNS. The number of alkyl halides is 1. The molecule has 1 heterocycles. The molecule has 0 amide bonds. The third-order valence-corrected chi connectivity index (χ3v) is 3.45. The lowest BCUT2D eigenvalue weighted by atomic mass is 10.2. The van der Waals surface area contributed by atoms with Crippen LogP contribution in [-0.2, 0) is 4.87 Å². The molecule has 0 atom stereocenters. The minimum atomic E-state index is -0.357. The molecule has 0 aliphatic rings. The lowest BCUT2D eigenvalue weighted by Crippen LogP contribution is -2.05. The van der Waals surface area contributed by atoms with Crippen LogP contribution in [0.3, 0.4) is 0 Å². The molecule has 1 aromatic heterocycles. The zero-order valence-electron chi connectivity index (χ0n) is 7.54. The number of hydrogen-bond acceptors (Lipinski definition) is 2. The van der Waals surface area contributed by atoms with E-state index >= 15 is 0 Å². The largest absolute Gasteiger partial charge is 0.239 e. The van der Waals surface area contributed by atoms with Crippen LogP contribution in [0.15, 0.2) is 24.3 Å². The first-order valence-electron chi connectivity index (χ1n) is 4.12. The van der Waals surface area contributed by atoms with Gasteiger partial charge in [-0.1, -0.05) is 12.1 Å². The van der Waals surface area contributed by atoms with E-state index in [0.717, 1.165) is 10.5 Å². The van der Waals surface area contributed by atoms with Gasteiger partial charge < -0.3 is 0 Å². The van der Waals surface area contributed by atoms with Crippen molar-refractivity contribution >= 4 is 33.2 Å². The van der Waals surface area contributed by atoms with E-state index in [4.69, 9.17) is 11.6 Å². The maximum absolute atomic E-state index is 6.18. The Kier molecular flexibility index (Phi) is 2.05. The highest BCUT2D eigenvalue weighted by Gasteiger charge is 2.20. The van der Waals surface area contributed by atoms with Gasteiger partial charge in [0.05, 0.1) is 15.1 Å². The van der Waals surface area contributed by atoms with E-state index in [1.165, 1.54) is 4.70 Å². The van der Waals surface area contributed by atoms with Crippen molar-refractivity contribution in [1.29, 1.82) is 0 Å². The maximum atomic E-state index is 6.18. The van der Waals surface area contributed by atoms with E-state index in [2.05, 4.69) is 11.1 Å². The molecule has 2 aromatic rings. The summed E-state index contributed by atoms with van der Waals surface area (Å²) in [5.41, 5.74) is 1.04. The quantitative estimate of drug-likeness (QED) is 0.655. The Morgan fingerprint density at radius 3 is 2.62 bits per heavy atom. The zero-order valence-corrected chi connectivity index (χ0v) is 9.12. The minimum Gasteiger partial charge on any atom is -0.239 e. The summed E-state index contributed by atoms with van der Waals surface area (Å²) in [5.74, 6) is 0. The number of fused-ring (bicyclic) bond motifs is 1. The third-order valence-electron chi connectivity index (χ3n) is 1.80. The van der Waals surface area contributed by atoms with Crippen LogP contribution < -0.4 is 0 Å². The summed E-state index contributed by atoms with van der Waals surface area (Å²) in [6.07, 6.45) is 0. The second-order valence-corrected chi connectivity index (χ2v) is 5.43. The van der Waals surface area contributed by atoms with E-state index in [1.54, 1.807) is 11.3 Å². The van der Waals surface area contributed by atoms with Crippen LogP contribution in [0.5, 0.6) is 0 Å². The van der Waals surface area contributed by atoms with Crippen molar-refractivity contribution in [2.75, 3.05) is 0 Å². The molecule has 0 unspecified atom stereocenters. The second kappa shape index (κ2) is 2.96. The molecule has 0 spiro atoms. The molecule has 0 aliphatic heterocycles. The molecule has 0 fully saturated rings. The van der Waals surface area contributed by atoms with E-state index < -0.39 is 0 Å². The first kappa shape index (κ1) is 8.97. The lowest BCUT2D eigenvalue weighted by molar-refractivity contribution is 0.759. The molecule has 0 saturated carbocycles. The van der Waals surface area contributed by atoms with Gasteiger partial charge in [-0.15, -0.1) is 22.9 Å². The SMILES string of the molecule is CC(C)(Cl)c1nc2ccccc2s1. The van der Waals surface area contributed by atoms with Gasteiger partial charge in [0.2, 0.25) is 0 Å². The molecule has 0 bridgehead atoms. The number of para-hydroxylation sites is 1. The van der Waals surface area contributed by atoms with Crippen molar-refractivity contribution in [3.63, 3.8) is 0 Å². The lowest BCUT2D eigenvalue weighted by Gasteiger charge is -2.09. The summed E-state index contributed by atoms with van der Waals surface area (Å²) in [7, 11) is 0. The van der Waals surface area contributed by atoms with Gasteiger partial charge in [-0.2, -0.15) is 0 Å². The fraction of sp³-hybridized carbons (Fsp3) is 0.300. The van der Waals surface area contributed by atoms with Crippen LogP contribution in [0, 0.1) is 0 Å². The Labute approximate surface area is 86.4 Å². The van der Waals surface area contributed by atoms with Gasteiger partial charge in [0, 0.05) is 0 Å². The summed E-state index contributed by atoms with van der Waals surface area (Å²) in [6.45, 7) is 3.93. The molecule has 1 nitrogen and oxygen atoms in total. The van der Waals surface area contributed by atoms with Gasteiger partial charge in [0.25, 0.3) is 0 Å². The molecule has 2 rings (SSSR count). The van der Waals surface area contributed by atoms with Crippen LogP contribution in [-0.4, -0.2) is 4.98 Å². The van der Waals surface area contributed by atoms with Crippen molar-refractivity contribution in [3.8, 4) is 0 Å². The third kappa shape index (κ3) is 1.69. The fourth-order valence-corrected chi connectivity index (χ4v) is 2.24. The van der Waals surface area contributed by atoms with Gasteiger partial charge in [-0.05, 0) is 26.0 Å². The summed E-state index contributed by atoms with van der Waals surface area (Å²) < 4.78 is 1.20. The van der Waals surface area contributed by atoms with Crippen LogP contribution in [0.4, 0.5) is 0 Å². The van der Waals surface area contributed by atoms with E-state index in [9.17, 15) is 0 Å². The van der Waals surface area contributed by atoms with E-state index in [1.807, 2.05) is 32.0 Å². The standard InChI is InChI=1S/C10H10ClNS/c1-10(2,11)9-12-7-5-3-4-6-8(7)13-9/h3-6H,1-2H3. The highest BCUT2D eigenvalue weighted by Crippen LogP contribution is 2.33. The molecule has 68 valence electrons. The predicted octanol–water partition coefficient (Wildman–Crippen LogP) is 3.77. The summed E-state index contributed by atoms with van der Waals surface area (Å²) in [5, 5.41) is 0.982. The van der Waals surface area contributed by atoms with Gasteiger partial charge in [-0.3, -0.25) is 0 Å². The van der Waals surface area contributed by atoms with Crippen LogP contribution >= 0.6 is 22.9 Å². The Morgan fingerprint density at radius 1 is 1.31 bits per heavy atom. The minimum absolute atomic E-state index is 0.357. The maximum Gasteiger partial charge on any atom is 0.114 e. The molecule has 0 aliphatic carbocycles. The first-order chi connectivity index (χ1) is 6.07. The highest BCUT2D eigenvalue weighted by atomic mass is 35.5. The Balaban J connectivity index is 2.63. The average molecular weight is 212 g/mol. The van der Waals surface area contributed by atoms with Crippen molar-refractivity contribution in [1.82, 2.24) is 4.98 Å². The number of nitrogens with zero attached hydrogens (tertiary/aromatic N) is 1. The molecule has 3 heteroatoms. The highest BCUT2D eigenvalue weighted by molar-refractivity contribution is 7.18. The Hall–Kier alpha value is -0.600. The summed E-state index contributed by atoms with van der Waals surface area (Å²) in [6, 6.07) is 8.09. The van der Waals surface area contributed by atoms with Crippen molar-refractivity contribution in [3.05, 3.63) is 29.3 Å². The molecule has 1 aromatic carbocycles. The smallest absolute Gasteiger partial charge is 0.114 e. The fourth-order valence-electron chi connectivity index (χ4n) is 1.13. The van der Waals surface area contributed by atoms with Crippen LogP contribution in [0.1, 0.15) is 18.9 Å². The number of halogens is 1. The summed E-state index contributed by atoms with van der Waals surface area (Å²) in [4.78, 5) is 4.11. The molecule has 0 saturated heterocycles. The molecular weight excluding hydrogens is 202 g/mol. The van der Waals surface area contributed by atoms with Crippen LogP contribution in [0.2, 0.25) is 0 Å². The average Bonchev–Trinajstić information content (AvgIpc) is 2.45. The van der Waals surface area contributed by atoms with Crippen molar-refractivity contribution in [2.24, 2.45) is 0 Å². The van der Waals surface area contributed by atoms with Crippen LogP contribution in [0.25, 0.3) is 10.2 Å². The van der Waals surface area contributed by atoms with Gasteiger partial charge in [0.15, 0.2) is 0 Å². The molecule has 0 N–H and O–H groups in total. The second-order valence-electron chi connectivity index (χ2n) is 3.46. The molecule has 0 radical (unpaired) electrons. The number of thiazole rings is 1. The van der Waals surface area contributed by atoms with E-state index in [0.29, 0.717) is 0 Å². The topological polar surface area (TPSA) is 12.9 Å². The number of aromatic nitrogens is 1. The van der Waals surface area contributed by atoms with Crippen molar-refractivity contribution in [2.45, 2.75) is 18.7 Å².